The van der Waals surface area contributed by atoms with Gasteiger partial charge in [0, 0.05) is 11.0 Å². The summed E-state index contributed by atoms with van der Waals surface area (Å²) in [5.41, 5.74) is 0. The number of halogens is 1. The molecule has 0 aliphatic carbocycles. The summed E-state index contributed by atoms with van der Waals surface area (Å²) in [7, 11) is 0. The van der Waals surface area contributed by atoms with Gasteiger partial charge in [-0.05, 0) is 24.6 Å². The van der Waals surface area contributed by atoms with E-state index in [0.717, 1.165) is 4.88 Å². The molecule has 98 valence electrons. The number of rotatable bonds is 6. The van der Waals surface area contributed by atoms with Crippen LogP contribution in [0, 0.1) is 0 Å². The average Bonchev–Trinajstić information content (AvgIpc) is 2.72. The summed E-state index contributed by atoms with van der Waals surface area (Å²) in [6, 6.07) is 2.69. The first kappa shape index (κ1) is 14.7. The molecule has 1 atom stereocenters. The van der Waals surface area contributed by atoms with Crippen molar-refractivity contribution in [2.24, 2.45) is 0 Å². The van der Waals surface area contributed by atoms with Gasteiger partial charge in [-0.3, -0.25) is 4.79 Å². The Balaban J connectivity index is 2.54. The first-order chi connectivity index (χ1) is 8.52. The predicted molar refractivity (Wildman–Crippen MR) is 72.8 cm³/mol. The van der Waals surface area contributed by atoms with Crippen LogP contribution in [0.1, 0.15) is 24.6 Å². The molecule has 1 amide bonds. The maximum absolute atomic E-state index is 11.5. The van der Waals surface area contributed by atoms with E-state index in [1.54, 1.807) is 18.2 Å². The van der Waals surface area contributed by atoms with Crippen molar-refractivity contribution in [3.05, 3.63) is 27.4 Å². The molecule has 4 nitrogen and oxygen atoms in total. The van der Waals surface area contributed by atoms with E-state index in [-0.39, 0.29) is 0 Å². The lowest BCUT2D eigenvalue weighted by Crippen LogP contribution is -2.39. The van der Waals surface area contributed by atoms with E-state index in [1.165, 1.54) is 17.4 Å². The van der Waals surface area contributed by atoms with Gasteiger partial charge in [0.25, 0.3) is 0 Å². The fourth-order valence-corrected chi connectivity index (χ4v) is 2.31. The van der Waals surface area contributed by atoms with Gasteiger partial charge in [0.15, 0.2) is 0 Å². The number of thiophene rings is 1. The van der Waals surface area contributed by atoms with E-state index in [0.29, 0.717) is 17.2 Å². The summed E-state index contributed by atoms with van der Waals surface area (Å²) in [6.07, 6.45) is 4.03. The average molecular weight is 288 g/mol. The Bertz CT molecular complexity index is 456. The van der Waals surface area contributed by atoms with Crippen LogP contribution in [-0.4, -0.2) is 23.0 Å². The van der Waals surface area contributed by atoms with E-state index in [2.05, 4.69) is 5.32 Å². The second-order valence-electron chi connectivity index (χ2n) is 3.66. The van der Waals surface area contributed by atoms with Crippen LogP contribution in [0.25, 0.3) is 6.08 Å². The van der Waals surface area contributed by atoms with Crippen molar-refractivity contribution in [1.82, 2.24) is 5.32 Å². The Morgan fingerprint density at radius 1 is 1.56 bits per heavy atom. The summed E-state index contributed by atoms with van der Waals surface area (Å²) < 4.78 is 0.643. The van der Waals surface area contributed by atoms with Crippen molar-refractivity contribution < 1.29 is 14.7 Å². The predicted octanol–water partition coefficient (Wildman–Crippen LogP) is 2.78. The maximum atomic E-state index is 11.5. The van der Waals surface area contributed by atoms with Crippen molar-refractivity contribution in [3.63, 3.8) is 0 Å². The molecule has 0 bridgehead atoms. The SMILES string of the molecule is CCC[C@H](NC(=O)/C=C/c1ccc(Cl)s1)C(=O)O. The molecule has 0 aromatic carbocycles. The van der Waals surface area contributed by atoms with E-state index >= 15 is 0 Å². The van der Waals surface area contributed by atoms with Crippen LogP contribution < -0.4 is 5.32 Å². The van der Waals surface area contributed by atoms with Crippen molar-refractivity contribution in [3.8, 4) is 0 Å². The van der Waals surface area contributed by atoms with Gasteiger partial charge in [0.05, 0.1) is 4.34 Å². The Labute approximate surface area is 114 Å². The normalized spacial score (nSPS) is 12.6. The third-order valence-corrected chi connectivity index (χ3v) is 3.38. The molecule has 1 heterocycles. The largest absolute Gasteiger partial charge is 0.480 e. The number of carbonyl (C=O) groups excluding carboxylic acids is 1. The molecule has 0 fully saturated rings. The lowest BCUT2D eigenvalue weighted by atomic mass is 10.1. The zero-order valence-corrected chi connectivity index (χ0v) is 11.4. The van der Waals surface area contributed by atoms with E-state index in [9.17, 15) is 9.59 Å². The minimum atomic E-state index is -1.02. The van der Waals surface area contributed by atoms with Crippen LogP contribution in [0.5, 0.6) is 0 Å². The number of carboxylic acids is 1. The van der Waals surface area contributed by atoms with Crippen LogP contribution in [-0.2, 0) is 9.59 Å². The first-order valence-corrected chi connectivity index (χ1v) is 6.69. The lowest BCUT2D eigenvalue weighted by Gasteiger charge is -2.11. The Morgan fingerprint density at radius 2 is 2.28 bits per heavy atom. The standard InChI is InChI=1S/C12H14ClNO3S/c1-2-3-9(12(16)17)14-11(15)7-5-8-4-6-10(13)18-8/h4-7,9H,2-3H2,1H3,(H,14,15)(H,16,17)/b7-5+/t9-/m0/s1. The zero-order valence-electron chi connectivity index (χ0n) is 9.85. The van der Waals surface area contributed by atoms with Crippen molar-refractivity contribution in [1.29, 1.82) is 0 Å². The summed E-state index contributed by atoms with van der Waals surface area (Å²) in [6.45, 7) is 1.87. The molecule has 2 N–H and O–H groups in total. The second-order valence-corrected chi connectivity index (χ2v) is 5.41. The number of carboxylic acid groups (broad SMARTS) is 1. The molecule has 0 aliphatic rings. The van der Waals surface area contributed by atoms with E-state index < -0.39 is 17.9 Å². The van der Waals surface area contributed by atoms with Crippen LogP contribution in [0.2, 0.25) is 4.34 Å². The zero-order chi connectivity index (χ0) is 13.5. The summed E-state index contributed by atoms with van der Waals surface area (Å²) in [5.74, 6) is -1.43. The molecule has 0 radical (unpaired) electrons. The molecule has 1 aromatic rings. The Morgan fingerprint density at radius 3 is 2.78 bits per heavy atom. The van der Waals surface area contributed by atoms with Gasteiger partial charge in [-0.1, -0.05) is 24.9 Å². The van der Waals surface area contributed by atoms with Gasteiger partial charge in [-0.25, -0.2) is 4.79 Å². The summed E-state index contributed by atoms with van der Waals surface area (Å²) in [4.78, 5) is 23.2. The van der Waals surface area contributed by atoms with Crippen LogP contribution >= 0.6 is 22.9 Å². The van der Waals surface area contributed by atoms with Gasteiger partial charge in [-0.15, -0.1) is 11.3 Å². The van der Waals surface area contributed by atoms with Gasteiger partial charge in [0.2, 0.25) is 5.91 Å². The molecule has 0 unspecified atom stereocenters. The molecule has 6 heteroatoms. The van der Waals surface area contributed by atoms with E-state index in [1.807, 2.05) is 6.92 Å². The molecule has 0 aliphatic heterocycles. The molecule has 18 heavy (non-hydrogen) atoms. The number of carbonyl (C=O) groups is 2. The minimum Gasteiger partial charge on any atom is -0.480 e. The Kier molecular flexibility index (Phi) is 5.88. The summed E-state index contributed by atoms with van der Waals surface area (Å²) >= 11 is 7.10. The van der Waals surface area contributed by atoms with E-state index in [4.69, 9.17) is 16.7 Å². The first-order valence-electron chi connectivity index (χ1n) is 5.49. The van der Waals surface area contributed by atoms with Crippen molar-refractivity contribution >= 4 is 40.9 Å². The molecule has 1 aromatic heterocycles. The number of amides is 1. The van der Waals surface area contributed by atoms with Gasteiger partial charge >= 0.3 is 5.97 Å². The van der Waals surface area contributed by atoms with Gasteiger partial charge in [-0.2, -0.15) is 0 Å². The number of hydrogen-bond acceptors (Lipinski definition) is 3. The fourth-order valence-electron chi connectivity index (χ4n) is 1.34. The highest BCUT2D eigenvalue weighted by atomic mass is 35.5. The highest BCUT2D eigenvalue weighted by Gasteiger charge is 2.17. The topological polar surface area (TPSA) is 66.4 Å². The molecule has 0 saturated carbocycles. The minimum absolute atomic E-state index is 0.416. The van der Waals surface area contributed by atoms with Crippen molar-refractivity contribution in [2.45, 2.75) is 25.8 Å². The fraction of sp³-hybridized carbons (Fsp3) is 0.333. The van der Waals surface area contributed by atoms with Crippen LogP contribution in [0.4, 0.5) is 0 Å². The van der Waals surface area contributed by atoms with Gasteiger partial charge < -0.3 is 10.4 Å². The molecular weight excluding hydrogens is 274 g/mol. The smallest absolute Gasteiger partial charge is 0.326 e. The number of nitrogens with one attached hydrogen (secondary N) is 1. The quantitative estimate of drug-likeness (QED) is 0.791. The van der Waals surface area contributed by atoms with Gasteiger partial charge in [0.1, 0.15) is 6.04 Å². The highest BCUT2D eigenvalue weighted by molar-refractivity contribution is 7.17. The Hall–Kier alpha value is -1.33. The molecule has 1 rings (SSSR count). The summed E-state index contributed by atoms with van der Waals surface area (Å²) in [5, 5.41) is 11.3. The van der Waals surface area contributed by atoms with Crippen LogP contribution in [0.3, 0.4) is 0 Å². The third-order valence-electron chi connectivity index (χ3n) is 2.18. The third kappa shape index (κ3) is 4.89. The number of aliphatic carboxylic acids is 1. The monoisotopic (exact) mass is 287 g/mol. The molecule has 0 spiro atoms. The van der Waals surface area contributed by atoms with Crippen molar-refractivity contribution in [2.75, 3.05) is 0 Å². The lowest BCUT2D eigenvalue weighted by molar-refractivity contribution is -0.141. The molecule has 0 saturated heterocycles. The molecular formula is C12H14ClNO3S. The van der Waals surface area contributed by atoms with Crippen LogP contribution in [0.15, 0.2) is 18.2 Å². The number of hydrogen-bond donors (Lipinski definition) is 2. The highest BCUT2D eigenvalue weighted by Crippen LogP contribution is 2.22. The maximum Gasteiger partial charge on any atom is 0.326 e. The second kappa shape index (κ2) is 7.18.